The summed E-state index contributed by atoms with van der Waals surface area (Å²) in [5, 5.41) is 0.754. The number of nitrogens with zero attached hydrogens (tertiary/aromatic N) is 2. The summed E-state index contributed by atoms with van der Waals surface area (Å²) in [6.45, 7) is 11.0. The molecule has 1 unspecified atom stereocenters. The third kappa shape index (κ3) is 3.78. The number of nitrogens with two attached hydrogens (primary N) is 1. The lowest BCUT2D eigenvalue weighted by atomic mass is 9.87. The third-order valence-corrected chi connectivity index (χ3v) is 3.87. The average Bonchev–Trinajstić information content (AvgIpc) is 2.65. The molecule has 1 aromatic heterocycles. The SMILES string of the molecule is CC(C)n1c(CC(N)CC(C)(C)C)nc2cccc(Cl)c21. The van der Waals surface area contributed by atoms with Gasteiger partial charge in [0.05, 0.1) is 16.1 Å². The number of rotatable bonds is 4. The second-order valence-electron chi connectivity index (χ2n) is 7.33. The van der Waals surface area contributed by atoms with Crippen molar-refractivity contribution in [1.29, 1.82) is 0 Å². The molecule has 2 rings (SSSR count). The average molecular weight is 308 g/mol. The monoisotopic (exact) mass is 307 g/mol. The Labute approximate surface area is 132 Å². The second-order valence-corrected chi connectivity index (χ2v) is 7.74. The topological polar surface area (TPSA) is 43.8 Å². The van der Waals surface area contributed by atoms with E-state index in [9.17, 15) is 0 Å². The Balaban J connectivity index is 2.40. The van der Waals surface area contributed by atoms with Crippen molar-refractivity contribution in [2.75, 3.05) is 0 Å². The molecule has 0 aliphatic heterocycles. The van der Waals surface area contributed by atoms with Gasteiger partial charge >= 0.3 is 0 Å². The lowest BCUT2D eigenvalue weighted by molar-refractivity contribution is 0.334. The molecule has 0 amide bonds. The van der Waals surface area contributed by atoms with Crippen molar-refractivity contribution in [1.82, 2.24) is 9.55 Å². The third-order valence-electron chi connectivity index (χ3n) is 3.57. The molecule has 3 nitrogen and oxygen atoms in total. The van der Waals surface area contributed by atoms with Gasteiger partial charge in [-0.2, -0.15) is 0 Å². The largest absolute Gasteiger partial charge is 0.327 e. The van der Waals surface area contributed by atoms with Crippen LogP contribution in [-0.2, 0) is 6.42 Å². The molecule has 1 heterocycles. The number of hydrogen-bond donors (Lipinski definition) is 1. The van der Waals surface area contributed by atoms with E-state index in [0.717, 1.165) is 34.7 Å². The first-order valence-corrected chi connectivity index (χ1v) is 7.98. The van der Waals surface area contributed by atoms with Crippen LogP contribution in [0.3, 0.4) is 0 Å². The van der Waals surface area contributed by atoms with Crippen molar-refractivity contribution in [3.8, 4) is 0 Å². The van der Waals surface area contributed by atoms with E-state index < -0.39 is 0 Å². The highest BCUT2D eigenvalue weighted by Crippen LogP contribution is 2.29. The van der Waals surface area contributed by atoms with Gasteiger partial charge < -0.3 is 10.3 Å². The lowest BCUT2D eigenvalue weighted by Crippen LogP contribution is -2.29. The van der Waals surface area contributed by atoms with Gasteiger partial charge in [0.15, 0.2) is 0 Å². The molecule has 0 radical (unpaired) electrons. The van der Waals surface area contributed by atoms with Crippen LogP contribution in [0.2, 0.25) is 5.02 Å². The van der Waals surface area contributed by atoms with Crippen LogP contribution in [-0.4, -0.2) is 15.6 Å². The predicted octanol–water partition coefficient (Wildman–Crippen LogP) is 4.58. The van der Waals surface area contributed by atoms with Crippen molar-refractivity contribution in [3.63, 3.8) is 0 Å². The van der Waals surface area contributed by atoms with E-state index in [1.165, 1.54) is 0 Å². The van der Waals surface area contributed by atoms with E-state index in [2.05, 4.69) is 39.2 Å². The minimum absolute atomic E-state index is 0.109. The van der Waals surface area contributed by atoms with Crippen LogP contribution in [0.4, 0.5) is 0 Å². The number of halogens is 1. The lowest BCUT2D eigenvalue weighted by Gasteiger charge is -2.23. The van der Waals surface area contributed by atoms with Crippen molar-refractivity contribution in [2.24, 2.45) is 11.1 Å². The molecule has 0 saturated carbocycles. The molecular formula is C17H26ClN3. The van der Waals surface area contributed by atoms with Gasteiger partial charge in [0.1, 0.15) is 5.82 Å². The van der Waals surface area contributed by atoms with E-state index in [1.807, 2.05) is 18.2 Å². The molecule has 116 valence electrons. The molecule has 4 heteroatoms. The maximum Gasteiger partial charge on any atom is 0.111 e. The van der Waals surface area contributed by atoms with E-state index in [4.69, 9.17) is 22.3 Å². The second kappa shape index (κ2) is 5.98. The predicted molar refractivity (Wildman–Crippen MR) is 90.9 cm³/mol. The van der Waals surface area contributed by atoms with Gasteiger partial charge in [-0.05, 0) is 37.8 Å². The molecule has 2 N–H and O–H groups in total. The van der Waals surface area contributed by atoms with Crippen LogP contribution in [0.1, 0.15) is 52.9 Å². The summed E-state index contributed by atoms with van der Waals surface area (Å²) >= 11 is 6.37. The number of hydrogen-bond acceptors (Lipinski definition) is 2. The van der Waals surface area contributed by atoms with Gasteiger partial charge in [-0.1, -0.05) is 38.4 Å². The van der Waals surface area contributed by atoms with Gasteiger partial charge in [-0.25, -0.2) is 4.98 Å². The molecule has 0 saturated heterocycles. The van der Waals surface area contributed by atoms with E-state index in [-0.39, 0.29) is 11.5 Å². The standard InChI is InChI=1S/C17H26ClN3/c1-11(2)21-15(9-12(19)10-17(3,4)5)20-14-8-6-7-13(18)16(14)21/h6-8,11-12H,9-10,19H2,1-5H3. The van der Waals surface area contributed by atoms with Crippen molar-refractivity contribution >= 4 is 22.6 Å². The van der Waals surface area contributed by atoms with Crippen LogP contribution in [0.5, 0.6) is 0 Å². The Kier molecular flexibility index (Phi) is 4.64. The number of aromatic nitrogens is 2. The van der Waals surface area contributed by atoms with Crippen LogP contribution >= 0.6 is 11.6 Å². The normalized spacial score (nSPS) is 14.1. The van der Waals surface area contributed by atoms with Crippen molar-refractivity contribution in [2.45, 2.75) is 59.5 Å². The fourth-order valence-electron chi connectivity index (χ4n) is 2.95. The van der Waals surface area contributed by atoms with Gasteiger partial charge in [-0.3, -0.25) is 0 Å². The Bertz CT molecular complexity index is 623. The Morgan fingerprint density at radius 3 is 2.52 bits per heavy atom. The summed E-state index contributed by atoms with van der Waals surface area (Å²) < 4.78 is 2.22. The molecule has 0 fully saturated rings. The van der Waals surface area contributed by atoms with Gasteiger partial charge in [-0.15, -0.1) is 0 Å². The van der Waals surface area contributed by atoms with E-state index >= 15 is 0 Å². The van der Waals surface area contributed by atoms with Crippen molar-refractivity contribution < 1.29 is 0 Å². The number of benzene rings is 1. The quantitative estimate of drug-likeness (QED) is 0.898. The zero-order valence-electron chi connectivity index (χ0n) is 13.7. The Morgan fingerprint density at radius 1 is 1.29 bits per heavy atom. The molecular weight excluding hydrogens is 282 g/mol. The maximum atomic E-state index is 6.37. The first-order valence-electron chi connectivity index (χ1n) is 7.60. The molecule has 21 heavy (non-hydrogen) atoms. The fraction of sp³-hybridized carbons (Fsp3) is 0.588. The smallest absolute Gasteiger partial charge is 0.111 e. The van der Waals surface area contributed by atoms with Gasteiger partial charge in [0, 0.05) is 18.5 Å². The molecule has 2 aromatic rings. The molecule has 1 aromatic carbocycles. The molecule has 0 spiro atoms. The van der Waals surface area contributed by atoms with Crippen LogP contribution < -0.4 is 5.73 Å². The van der Waals surface area contributed by atoms with Crippen LogP contribution in [0.25, 0.3) is 11.0 Å². The first-order chi connectivity index (χ1) is 9.69. The molecule has 0 aliphatic carbocycles. The highest BCUT2D eigenvalue weighted by atomic mass is 35.5. The minimum Gasteiger partial charge on any atom is -0.327 e. The fourth-order valence-corrected chi connectivity index (χ4v) is 3.21. The van der Waals surface area contributed by atoms with Gasteiger partial charge in [0.25, 0.3) is 0 Å². The van der Waals surface area contributed by atoms with E-state index in [1.54, 1.807) is 0 Å². The van der Waals surface area contributed by atoms with Crippen LogP contribution in [0, 0.1) is 5.41 Å². The zero-order valence-corrected chi connectivity index (χ0v) is 14.4. The first kappa shape index (κ1) is 16.3. The highest BCUT2D eigenvalue weighted by Gasteiger charge is 2.21. The van der Waals surface area contributed by atoms with E-state index in [0.29, 0.717) is 6.04 Å². The number of fused-ring (bicyclic) bond motifs is 1. The maximum absolute atomic E-state index is 6.37. The summed E-state index contributed by atoms with van der Waals surface area (Å²) in [5.41, 5.74) is 8.54. The number of para-hydroxylation sites is 1. The summed E-state index contributed by atoms with van der Waals surface area (Å²) in [4.78, 5) is 4.76. The highest BCUT2D eigenvalue weighted by molar-refractivity contribution is 6.35. The number of imidazole rings is 1. The summed E-state index contributed by atoms with van der Waals surface area (Å²) in [6.07, 6.45) is 1.75. The Hall–Kier alpha value is -1.06. The minimum atomic E-state index is 0.109. The van der Waals surface area contributed by atoms with Crippen molar-refractivity contribution in [3.05, 3.63) is 29.0 Å². The summed E-state index contributed by atoms with van der Waals surface area (Å²) in [6, 6.07) is 6.30. The molecule has 0 bridgehead atoms. The zero-order chi connectivity index (χ0) is 15.8. The van der Waals surface area contributed by atoms with Gasteiger partial charge in [0.2, 0.25) is 0 Å². The molecule has 0 aliphatic rings. The summed E-state index contributed by atoms with van der Waals surface area (Å²) in [7, 11) is 0. The summed E-state index contributed by atoms with van der Waals surface area (Å²) in [5.74, 6) is 1.03. The van der Waals surface area contributed by atoms with Crippen LogP contribution in [0.15, 0.2) is 18.2 Å². The Morgan fingerprint density at radius 2 is 1.95 bits per heavy atom. The molecule has 1 atom stereocenters.